The molecule has 0 radical (unpaired) electrons. The highest BCUT2D eigenvalue weighted by atomic mass is 14.4. The highest BCUT2D eigenvalue weighted by Crippen LogP contribution is 2.07. The molecule has 14 heavy (non-hydrogen) atoms. The molecule has 0 atom stereocenters. The molecule has 0 fully saturated rings. The van der Waals surface area contributed by atoms with E-state index in [1.54, 1.807) is 0 Å². The minimum Gasteiger partial charge on any atom is -0.310 e. The average Bonchev–Trinajstić information content (AvgIpc) is 2.21. The van der Waals surface area contributed by atoms with E-state index in [1.165, 1.54) is 32.1 Å². The Kier molecular flexibility index (Phi) is 10.0. The summed E-state index contributed by atoms with van der Waals surface area (Å²) in [5, 5.41) is 7.50. The van der Waals surface area contributed by atoms with E-state index in [0.29, 0.717) is 0 Å². The normalized spacial score (nSPS) is 11.0. The van der Waals surface area contributed by atoms with Crippen molar-refractivity contribution in [2.24, 2.45) is 0 Å². The maximum Gasteiger partial charge on any atom is 0.00864 e. The van der Waals surface area contributed by atoms with E-state index in [0.717, 1.165) is 25.0 Å². The fourth-order valence-corrected chi connectivity index (χ4v) is 1.42. The number of unbranched alkanes of at least 4 members (excludes halogenated alkanes) is 4. The third-order valence-corrected chi connectivity index (χ3v) is 2.43. The van der Waals surface area contributed by atoms with Crippen LogP contribution < -0.4 is 0 Å². The standard InChI is InChI=1S/C13H25N/c1-3-5-6-7-8-9-10-11-12-13(14)4-2/h5-6,14H,3-4,7-12H2,1-2H3/b6-5-,14-13?. The molecule has 0 amide bonds. The number of nitrogens with one attached hydrogen (secondary N) is 1. The summed E-state index contributed by atoms with van der Waals surface area (Å²) in [6.45, 7) is 4.24. The monoisotopic (exact) mass is 195 g/mol. The van der Waals surface area contributed by atoms with Crippen molar-refractivity contribution in [3.63, 3.8) is 0 Å². The first-order valence-corrected chi connectivity index (χ1v) is 6.02. The van der Waals surface area contributed by atoms with Crippen LogP contribution in [0.1, 0.15) is 65.2 Å². The molecule has 0 spiro atoms. The van der Waals surface area contributed by atoms with Crippen molar-refractivity contribution in [1.82, 2.24) is 0 Å². The van der Waals surface area contributed by atoms with Crippen LogP contribution in [0.15, 0.2) is 12.2 Å². The van der Waals surface area contributed by atoms with Crippen molar-refractivity contribution in [3.8, 4) is 0 Å². The summed E-state index contributed by atoms with van der Waals surface area (Å²) >= 11 is 0. The SMILES string of the molecule is CC/C=C\CCCCCCC(=N)CC. The van der Waals surface area contributed by atoms with Gasteiger partial charge in [0.1, 0.15) is 0 Å². The molecule has 0 saturated carbocycles. The first-order valence-electron chi connectivity index (χ1n) is 6.02. The number of rotatable bonds is 9. The third kappa shape index (κ3) is 9.50. The van der Waals surface area contributed by atoms with E-state index in [2.05, 4.69) is 26.0 Å². The first kappa shape index (κ1) is 13.4. The summed E-state index contributed by atoms with van der Waals surface area (Å²) in [6, 6.07) is 0. The van der Waals surface area contributed by atoms with E-state index >= 15 is 0 Å². The average molecular weight is 195 g/mol. The summed E-state index contributed by atoms with van der Waals surface area (Å²) in [6.07, 6.45) is 14.0. The second kappa shape index (κ2) is 10.5. The minimum absolute atomic E-state index is 0.913. The number of hydrogen-bond acceptors (Lipinski definition) is 1. The van der Waals surface area contributed by atoms with Crippen LogP contribution in [0.4, 0.5) is 0 Å². The van der Waals surface area contributed by atoms with Gasteiger partial charge in [0.15, 0.2) is 0 Å². The van der Waals surface area contributed by atoms with Crippen LogP contribution in [-0.2, 0) is 0 Å². The van der Waals surface area contributed by atoms with Crippen LogP contribution in [0.5, 0.6) is 0 Å². The molecule has 0 heterocycles. The smallest absolute Gasteiger partial charge is 0.00864 e. The van der Waals surface area contributed by atoms with Crippen molar-refractivity contribution >= 4 is 5.71 Å². The molecule has 0 aromatic rings. The summed E-state index contributed by atoms with van der Waals surface area (Å²) in [7, 11) is 0. The fraction of sp³-hybridized carbons (Fsp3) is 0.769. The molecule has 1 N–H and O–H groups in total. The molecular weight excluding hydrogens is 170 g/mol. The summed E-state index contributed by atoms with van der Waals surface area (Å²) in [5.41, 5.74) is 0.913. The Morgan fingerprint density at radius 1 is 1.00 bits per heavy atom. The van der Waals surface area contributed by atoms with Gasteiger partial charge >= 0.3 is 0 Å². The third-order valence-electron chi connectivity index (χ3n) is 2.43. The van der Waals surface area contributed by atoms with E-state index in [1.807, 2.05) is 0 Å². The second-order valence-electron chi connectivity index (χ2n) is 3.79. The van der Waals surface area contributed by atoms with Crippen molar-refractivity contribution < 1.29 is 0 Å². The Labute approximate surface area is 89.1 Å². The van der Waals surface area contributed by atoms with Crippen molar-refractivity contribution in [2.45, 2.75) is 65.2 Å². The second-order valence-corrected chi connectivity index (χ2v) is 3.79. The molecular formula is C13H25N. The Balaban J connectivity index is 3.06. The molecule has 0 aliphatic rings. The van der Waals surface area contributed by atoms with Gasteiger partial charge in [0.05, 0.1) is 0 Å². The zero-order valence-corrected chi connectivity index (χ0v) is 9.81. The molecule has 0 aliphatic heterocycles. The summed E-state index contributed by atoms with van der Waals surface area (Å²) in [5.74, 6) is 0. The van der Waals surface area contributed by atoms with Gasteiger partial charge in [-0.05, 0) is 38.5 Å². The quantitative estimate of drug-likeness (QED) is 0.312. The van der Waals surface area contributed by atoms with Gasteiger partial charge in [-0.15, -0.1) is 0 Å². The van der Waals surface area contributed by atoms with Gasteiger partial charge in [0, 0.05) is 5.71 Å². The highest BCUT2D eigenvalue weighted by molar-refractivity contribution is 5.80. The van der Waals surface area contributed by atoms with E-state index in [-0.39, 0.29) is 0 Å². The van der Waals surface area contributed by atoms with Gasteiger partial charge in [-0.2, -0.15) is 0 Å². The maximum absolute atomic E-state index is 7.50. The number of allylic oxidation sites excluding steroid dienone is 2. The molecule has 0 rings (SSSR count). The first-order chi connectivity index (χ1) is 6.81. The molecule has 0 aromatic carbocycles. The van der Waals surface area contributed by atoms with Gasteiger partial charge in [0.2, 0.25) is 0 Å². The minimum atomic E-state index is 0.913. The van der Waals surface area contributed by atoms with Crippen molar-refractivity contribution in [1.29, 1.82) is 5.41 Å². The molecule has 0 aliphatic carbocycles. The van der Waals surface area contributed by atoms with Gasteiger partial charge in [-0.1, -0.05) is 38.8 Å². The van der Waals surface area contributed by atoms with Gasteiger partial charge in [-0.25, -0.2) is 0 Å². The lowest BCUT2D eigenvalue weighted by molar-refractivity contribution is 0.656. The Hall–Kier alpha value is -0.590. The van der Waals surface area contributed by atoms with Crippen molar-refractivity contribution in [3.05, 3.63) is 12.2 Å². The number of hydrogen-bond donors (Lipinski definition) is 1. The lowest BCUT2D eigenvalue weighted by Gasteiger charge is -2.00. The largest absolute Gasteiger partial charge is 0.310 e. The predicted octanol–water partition coefficient (Wildman–Crippen LogP) is 4.72. The predicted molar refractivity (Wildman–Crippen MR) is 65.2 cm³/mol. The fourth-order valence-electron chi connectivity index (χ4n) is 1.42. The van der Waals surface area contributed by atoms with Gasteiger partial charge < -0.3 is 5.41 Å². The van der Waals surface area contributed by atoms with E-state index in [9.17, 15) is 0 Å². The van der Waals surface area contributed by atoms with Crippen LogP contribution in [0, 0.1) is 5.41 Å². The van der Waals surface area contributed by atoms with Crippen molar-refractivity contribution in [2.75, 3.05) is 0 Å². The molecule has 0 unspecified atom stereocenters. The lowest BCUT2D eigenvalue weighted by Crippen LogP contribution is -1.92. The van der Waals surface area contributed by atoms with Crippen LogP contribution in [-0.4, -0.2) is 5.71 Å². The van der Waals surface area contributed by atoms with Crippen LogP contribution in [0.3, 0.4) is 0 Å². The molecule has 0 bridgehead atoms. The molecule has 82 valence electrons. The molecule has 1 nitrogen and oxygen atoms in total. The van der Waals surface area contributed by atoms with E-state index < -0.39 is 0 Å². The summed E-state index contributed by atoms with van der Waals surface area (Å²) in [4.78, 5) is 0. The Morgan fingerprint density at radius 3 is 2.36 bits per heavy atom. The molecule has 1 heteroatoms. The highest BCUT2D eigenvalue weighted by Gasteiger charge is 1.93. The van der Waals surface area contributed by atoms with E-state index in [4.69, 9.17) is 5.41 Å². The summed E-state index contributed by atoms with van der Waals surface area (Å²) < 4.78 is 0. The lowest BCUT2D eigenvalue weighted by atomic mass is 10.1. The molecule has 0 saturated heterocycles. The van der Waals surface area contributed by atoms with Crippen LogP contribution in [0.2, 0.25) is 0 Å². The van der Waals surface area contributed by atoms with Crippen LogP contribution in [0.25, 0.3) is 0 Å². The molecule has 0 aromatic heterocycles. The van der Waals surface area contributed by atoms with Gasteiger partial charge in [-0.3, -0.25) is 0 Å². The zero-order chi connectivity index (χ0) is 10.6. The Bertz CT molecular complexity index is 159. The Morgan fingerprint density at radius 2 is 1.71 bits per heavy atom. The maximum atomic E-state index is 7.50. The topological polar surface area (TPSA) is 23.9 Å². The zero-order valence-electron chi connectivity index (χ0n) is 9.81. The van der Waals surface area contributed by atoms with Crippen LogP contribution >= 0.6 is 0 Å². The van der Waals surface area contributed by atoms with Gasteiger partial charge in [0.25, 0.3) is 0 Å².